The Kier molecular flexibility index (Phi) is 6.16. The maximum atomic E-state index is 13.6. The van der Waals surface area contributed by atoms with Gasteiger partial charge in [0.25, 0.3) is 0 Å². The van der Waals surface area contributed by atoms with Gasteiger partial charge in [-0.25, -0.2) is 9.18 Å². The molecule has 0 atom stereocenters. The third-order valence-corrected chi connectivity index (χ3v) is 3.28. The van der Waals surface area contributed by atoms with Crippen molar-refractivity contribution in [3.8, 4) is 5.75 Å². The first-order valence-corrected chi connectivity index (χ1v) is 7.31. The zero-order chi connectivity index (χ0) is 16.7. The van der Waals surface area contributed by atoms with Gasteiger partial charge in [0.05, 0.1) is 6.61 Å². The molecule has 1 heterocycles. The van der Waals surface area contributed by atoms with E-state index in [2.05, 4.69) is 10.6 Å². The Morgan fingerprint density at radius 2 is 2.04 bits per heavy atom. The van der Waals surface area contributed by atoms with Crippen molar-refractivity contribution >= 4 is 12.0 Å². The van der Waals surface area contributed by atoms with Crippen LogP contribution >= 0.6 is 0 Å². The summed E-state index contributed by atoms with van der Waals surface area (Å²) in [5.41, 5.74) is 1.33. The number of carbonyl (C=O) groups excluding carboxylic acids is 1. The molecule has 2 rings (SSSR count). The molecule has 0 saturated heterocycles. The number of hydrogen-bond acceptors (Lipinski definition) is 4. The van der Waals surface area contributed by atoms with E-state index in [-0.39, 0.29) is 31.6 Å². The number of halogens is 1. The second kappa shape index (κ2) is 8.33. The van der Waals surface area contributed by atoms with Gasteiger partial charge < -0.3 is 25.2 Å². The number of rotatable bonds is 7. The van der Waals surface area contributed by atoms with Crippen molar-refractivity contribution in [2.75, 3.05) is 19.9 Å². The topological polar surface area (TPSA) is 96.9 Å². The van der Waals surface area contributed by atoms with E-state index in [0.29, 0.717) is 42.9 Å². The van der Waals surface area contributed by atoms with Crippen LogP contribution in [0.1, 0.15) is 24.0 Å². The monoisotopic (exact) mass is 326 g/mol. The molecule has 3 N–H and O–H groups in total. The van der Waals surface area contributed by atoms with Crippen LogP contribution in [0.3, 0.4) is 0 Å². The molecule has 1 aliphatic heterocycles. The van der Waals surface area contributed by atoms with Crippen molar-refractivity contribution in [3.63, 3.8) is 0 Å². The third kappa shape index (κ3) is 5.41. The second-order valence-electron chi connectivity index (χ2n) is 5.09. The minimum absolute atomic E-state index is 0.00905. The van der Waals surface area contributed by atoms with Crippen LogP contribution < -0.4 is 15.4 Å². The normalized spacial score (nSPS) is 12.9. The summed E-state index contributed by atoms with van der Waals surface area (Å²) in [4.78, 5) is 21.9. The fourth-order valence-electron chi connectivity index (χ4n) is 2.26. The first-order valence-electron chi connectivity index (χ1n) is 7.31. The van der Waals surface area contributed by atoms with Gasteiger partial charge in [-0.15, -0.1) is 0 Å². The molecule has 7 nitrogen and oxygen atoms in total. The third-order valence-electron chi connectivity index (χ3n) is 3.28. The van der Waals surface area contributed by atoms with Crippen molar-refractivity contribution in [2.45, 2.75) is 25.9 Å². The van der Waals surface area contributed by atoms with Gasteiger partial charge in [-0.3, -0.25) is 4.79 Å². The predicted octanol–water partition coefficient (Wildman–Crippen LogP) is 1.40. The summed E-state index contributed by atoms with van der Waals surface area (Å²) in [5.74, 6) is -0.653. The minimum atomic E-state index is -0.896. The summed E-state index contributed by atoms with van der Waals surface area (Å²) in [6.45, 7) is 1.03. The summed E-state index contributed by atoms with van der Waals surface area (Å²) < 4.78 is 24.1. The molecule has 126 valence electrons. The largest absolute Gasteiger partial charge is 0.481 e. The van der Waals surface area contributed by atoms with Crippen LogP contribution in [0, 0.1) is 5.82 Å². The highest BCUT2D eigenvalue weighted by molar-refractivity contribution is 5.74. The van der Waals surface area contributed by atoms with Crippen molar-refractivity contribution in [2.24, 2.45) is 0 Å². The van der Waals surface area contributed by atoms with Gasteiger partial charge in [-0.2, -0.15) is 0 Å². The number of carboxylic acid groups (broad SMARTS) is 1. The maximum Gasteiger partial charge on any atom is 0.314 e. The number of nitrogens with one attached hydrogen (secondary N) is 2. The number of hydrogen-bond donors (Lipinski definition) is 3. The number of amides is 2. The Balaban J connectivity index is 1.77. The van der Waals surface area contributed by atoms with Gasteiger partial charge >= 0.3 is 12.0 Å². The van der Waals surface area contributed by atoms with Crippen LogP contribution in [0.5, 0.6) is 5.75 Å². The average molecular weight is 326 g/mol. The van der Waals surface area contributed by atoms with Gasteiger partial charge in [-0.1, -0.05) is 0 Å². The Hall–Kier alpha value is -2.35. The van der Waals surface area contributed by atoms with Gasteiger partial charge in [-0.05, 0) is 30.5 Å². The van der Waals surface area contributed by atoms with Crippen LogP contribution in [0.25, 0.3) is 0 Å². The van der Waals surface area contributed by atoms with E-state index in [4.69, 9.17) is 14.6 Å². The molecule has 1 aromatic rings. The number of benzene rings is 1. The fourth-order valence-corrected chi connectivity index (χ4v) is 2.26. The molecule has 1 aromatic carbocycles. The van der Waals surface area contributed by atoms with Crippen LogP contribution in [-0.4, -0.2) is 37.0 Å². The van der Waals surface area contributed by atoms with E-state index in [1.165, 1.54) is 12.1 Å². The summed E-state index contributed by atoms with van der Waals surface area (Å²) in [7, 11) is 0. The predicted molar refractivity (Wildman–Crippen MR) is 78.7 cm³/mol. The zero-order valence-corrected chi connectivity index (χ0v) is 12.6. The van der Waals surface area contributed by atoms with Crippen molar-refractivity contribution in [3.05, 3.63) is 29.1 Å². The van der Waals surface area contributed by atoms with Crippen molar-refractivity contribution < 1.29 is 28.6 Å². The first kappa shape index (κ1) is 17.0. The summed E-state index contributed by atoms with van der Waals surface area (Å²) in [5, 5.41) is 13.7. The van der Waals surface area contributed by atoms with E-state index in [1.807, 2.05) is 0 Å². The molecular formula is C15H19FN2O5. The van der Waals surface area contributed by atoms with Gasteiger partial charge in [0, 0.05) is 25.1 Å². The van der Waals surface area contributed by atoms with Crippen LogP contribution in [0.2, 0.25) is 0 Å². The van der Waals surface area contributed by atoms with Crippen LogP contribution in [0.15, 0.2) is 12.1 Å². The fraction of sp³-hybridized carbons (Fsp3) is 0.467. The molecule has 0 bridgehead atoms. The summed E-state index contributed by atoms with van der Waals surface area (Å²) in [6.07, 6.45) is 0.797. The molecule has 0 fully saturated rings. The highest BCUT2D eigenvalue weighted by Gasteiger charge is 2.16. The lowest BCUT2D eigenvalue weighted by Gasteiger charge is -2.21. The van der Waals surface area contributed by atoms with Gasteiger partial charge in [0.1, 0.15) is 11.6 Å². The standard InChI is InChI=1S/C15H19FN2O5/c16-12-6-10(14-11(7-12)8-22-9-23-14)3-5-18-15(21)17-4-1-2-13(19)20/h6-7H,1-5,8-9H2,(H,19,20)(H2,17,18,21). The lowest BCUT2D eigenvalue weighted by molar-refractivity contribution is -0.137. The van der Waals surface area contributed by atoms with E-state index in [1.54, 1.807) is 0 Å². The molecule has 8 heteroatoms. The highest BCUT2D eigenvalue weighted by atomic mass is 19.1. The molecule has 0 unspecified atom stereocenters. The Morgan fingerprint density at radius 3 is 2.83 bits per heavy atom. The molecule has 23 heavy (non-hydrogen) atoms. The minimum Gasteiger partial charge on any atom is -0.481 e. The Labute approximate surface area is 132 Å². The quantitative estimate of drug-likeness (QED) is 0.658. The van der Waals surface area contributed by atoms with E-state index in [9.17, 15) is 14.0 Å². The number of urea groups is 1. The number of carboxylic acids is 1. The molecule has 1 aliphatic rings. The van der Waals surface area contributed by atoms with Gasteiger partial charge in [0.15, 0.2) is 6.79 Å². The maximum absolute atomic E-state index is 13.6. The lowest BCUT2D eigenvalue weighted by Crippen LogP contribution is -2.37. The number of aliphatic carboxylic acids is 1. The molecule has 2 amide bonds. The van der Waals surface area contributed by atoms with E-state index < -0.39 is 5.97 Å². The molecule has 0 spiro atoms. The number of carbonyl (C=O) groups is 2. The smallest absolute Gasteiger partial charge is 0.314 e. The van der Waals surface area contributed by atoms with Crippen LogP contribution in [0.4, 0.5) is 9.18 Å². The zero-order valence-electron chi connectivity index (χ0n) is 12.6. The SMILES string of the molecule is O=C(O)CCCNC(=O)NCCc1cc(F)cc2c1OCOC2. The number of ether oxygens (including phenoxy) is 2. The van der Waals surface area contributed by atoms with Gasteiger partial charge in [0.2, 0.25) is 0 Å². The molecule has 0 aliphatic carbocycles. The van der Waals surface area contributed by atoms with Crippen molar-refractivity contribution in [1.29, 1.82) is 0 Å². The van der Waals surface area contributed by atoms with E-state index >= 15 is 0 Å². The summed E-state index contributed by atoms with van der Waals surface area (Å²) >= 11 is 0. The molecule has 0 aromatic heterocycles. The highest BCUT2D eigenvalue weighted by Crippen LogP contribution is 2.29. The molecular weight excluding hydrogens is 307 g/mol. The lowest BCUT2D eigenvalue weighted by atomic mass is 10.1. The first-order chi connectivity index (χ1) is 11.1. The molecule has 0 saturated carbocycles. The van der Waals surface area contributed by atoms with Crippen LogP contribution in [-0.2, 0) is 22.6 Å². The Morgan fingerprint density at radius 1 is 1.26 bits per heavy atom. The van der Waals surface area contributed by atoms with Crippen molar-refractivity contribution in [1.82, 2.24) is 10.6 Å². The average Bonchev–Trinajstić information content (AvgIpc) is 2.51. The Bertz CT molecular complexity index is 579. The second-order valence-corrected chi connectivity index (χ2v) is 5.09. The summed E-state index contributed by atoms with van der Waals surface area (Å²) in [6, 6.07) is 2.38. The van der Waals surface area contributed by atoms with E-state index in [0.717, 1.165) is 0 Å². The number of fused-ring (bicyclic) bond motifs is 1. The molecule has 0 radical (unpaired) electrons.